The van der Waals surface area contributed by atoms with Gasteiger partial charge in [-0.3, -0.25) is 8.98 Å². The highest BCUT2D eigenvalue weighted by atomic mass is 32.2. The lowest BCUT2D eigenvalue weighted by Gasteiger charge is -2.12. The van der Waals surface area contributed by atoms with Crippen LogP contribution in [0.15, 0.2) is 47.4 Å². The van der Waals surface area contributed by atoms with Crippen molar-refractivity contribution in [1.29, 1.82) is 0 Å². The Morgan fingerprint density at radius 1 is 1.08 bits per heavy atom. The fourth-order valence-corrected chi connectivity index (χ4v) is 3.16. The number of methoxy groups -OCH3 is 1. The van der Waals surface area contributed by atoms with Crippen LogP contribution in [-0.2, 0) is 20.7 Å². The number of nitrogens with one attached hydrogen (secondary N) is 1. The molecule has 0 heterocycles. The molecule has 1 amide bonds. The van der Waals surface area contributed by atoms with Gasteiger partial charge in [-0.2, -0.15) is 8.42 Å². The van der Waals surface area contributed by atoms with E-state index in [0.717, 1.165) is 25.5 Å². The molecular weight excluding hydrogens is 342 g/mol. The average Bonchev–Trinajstić information content (AvgIpc) is 2.62. The molecule has 0 aliphatic rings. The molecule has 0 aromatic heterocycles. The summed E-state index contributed by atoms with van der Waals surface area (Å²) in [6.07, 6.45) is 1.96. The first-order chi connectivity index (χ1) is 11.9. The lowest BCUT2D eigenvalue weighted by Crippen LogP contribution is -2.15. The van der Waals surface area contributed by atoms with E-state index in [1.165, 1.54) is 19.2 Å². The first kappa shape index (κ1) is 19.0. The van der Waals surface area contributed by atoms with E-state index in [0.29, 0.717) is 11.3 Å². The number of carbonyl (C=O) groups is 1. The molecule has 1 N–H and O–H groups in total. The number of ether oxygens (including phenoxy) is 1. The Morgan fingerprint density at radius 3 is 2.32 bits per heavy atom. The monoisotopic (exact) mass is 363 g/mol. The largest absolute Gasteiger partial charge is 0.497 e. The maximum Gasteiger partial charge on any atom is 0.298 e. The Balaban J connectivity index is 2.31. The summed E-state index contributed by atoms with van der Waals surface area (Å²) in [5.41, 5.74) is 1.72. The number of hydrogen-bond donors (Lipinski definition) is 1. The highest BCUT2D eigenvalue weighted by molar-refractivity contribution is 7.87. The quantitative estimate of drug-likeness (QED) is 0.764. The second-order valence-corrected chi connectivity index (χ2v) is 7.07. The first-order valence-electron chi connectivity index (χ1n) is 7.80. The van der Waals surface area contributed by atoms with Crippen molar-refractivity contribution in [2.24, 2.45) is 0 Å². The summed E-state index contributed by atoms with van der Waals surface area (Å²) in [6.45, 7) is 2.09. The molecule has 2 aromatic rings. The molecule has 6 nitrogen and oxygen atoms in total. The minimum Gasteiger partial charge on any atom is -0.497 e. The van der Waals surface area contributed by atoms with E-state index in [1.807, 2.05) is 12.1 Å². The molecule has 0 saturated carbocycles. The Bertz CT molecular complexity index is 844. The SMILES string of the molecule is CCCc1ccc(C(=O)Nc2ccc(OC)cc2S(=O)(=O)OC)cc1. The van der Waals surface area contributed by atoms with Gasteiger partial charge in [-0.25, -0.2) is 0 Å². The molecule has 0 spiro atoms. The Labute approximate surface area is 147 Å². The van der Waals surface area contributed by atoms with Gasteiger partial charge in [0, 0.05) is 11.6 Å². The predicted octanol–water partition coefficient (Wildman–Crippen LogP) is 3.24. The minimum atomic E-state index is -4.00. The van der Waals surface area contributed by atoms with Crippen LogP contribution in [0.3, 0.4) is 0 Å². The van der Waals surface area contributed by atoms with Crippen LogP contribution in [0.5, 0.6) is 5.75 Å². The van der Waals surface area contributed by atoms with Gasteiger partial charge in [0.05, 0.1) is 19.9 Å². The summed E-state index contributed by atoms with van der Waals surface area (Å²) in [5.74, 6) is -0.0571. The maximum atomic E-state index is 12.4. The van der Waals surface area contributed by atoms with Gasteiger partial charge in [-0.15, -0.1) is 0 Å². The Hall–Kier alpha value is -2.38. The second kappa shape index (κ2) is 8.13. The molecule has 25 heavy (non-hydrogen) atoms. The zero-order valence-corrected chi connectivity index (χ0v) is 15.2. The highest BCUT2D eigenvalue weighted by Gasteiger charge is 2.21. The maximum absolute atomic E-state index is 12.4. The molecule has 134 valence electrons. The van der Waals surface area contributed by atoms with Crippen molar-refractivity contribution in [2.45, 2.75) is 24.7 Å². The van der Waals surface area contributed by atoms with Crippen LogP contribution in [0.2, 0.25) is 0 Å². The second-order valence-electron chi connectivity index (χ2n) is 5.38. The lowest BCUT2D eigenvalue weighted by molar-refractivity contribution is 0.102. The number of amides is 1. The van der Waals surface area contributed by atoms with Gasteiger partial charge in [0.25, 0.3) is 16.0 Å². The molecule has 0 bridgehead atoms. The van der Waals surface area contributed by atoms with Crippen LogP contribution in [-0.4, -0.2) is 28.5 Å². The minimum absolute atomic E-state index is 0.130. The van der Waals surface area contributed by atoms with Crippen molar-refractivity contribution in [3.8, 4) is 5.75 Å². The van der Waals surface area contributed by atoms with Crippen LogP contribution in [0.1, 0.15) is 29.3 Å². The van der Waals surface area contributed by atoms with E-state index in [1.54, 1.807) is 18.2 Å². The Kier molecular flexibility index (Phi) is 6.17. The van der Waals surface area contributed by atoms with Crippen molar-refractivity contribution in [3.05, 3.63) is 53.6 Å². The van der Waals surface area contributed by atoms with Crippen LogP contribution >= 0.6 is 0 Å². The molecule has 2 aromatic carbocycles. The highest BCUT2D eigenvalue weighted by Crippen LogP contribution is 2.28. The normalized spacial score (nSPS) is 11.2. The fraction of sp³-hybridized carbons (Fsp3) is 0.278. The van der Waals surface area contributed by atoms with Gasteiger partial charge in [0.15, 0.2) is 0 Å². The zero-order valence-electron chi connectivity index (χ0n) is 14.4. The number of aryl methyl sites for hydroxylation is 1. The summed E-state index contributed by atoms with van der Waals surface area (Å²) in [4.78, 5) is 12.3. The summed E-state index contributed by atoms with van der Waals surface area (Å²) in [7, 11) is -1.51. The third-order valence-corrected chi connectivity index (χ3v) is 5.00. The van der Waals surface area contributed by atoms with Crippen molar-refractivity contribution in [2.75, 3.05) is 19.5 Å². The summed E-state index contributed by atoms with van der Waals surface area (Å²) in [6, 6.07) is 11.5. The molecule has 0 atom stereocenters. The van der Waals surface area contributed by atoms with Gasteiger partial charge in [-0.05, 0) is 36.2 Å². The molecule has 0 aliphatic carbocycles. The third kappa shape index (κ3) is 4.58. The number of anilines is 1. The molecule has 2 rings (SSSR count). The van der Waals surface area contributed by atoms with E-state index in [2.05, 4.69) is 16.4 Å². The van der Waals surface area contributed by atoms with Gasteiger partial charge in [0.1, 0.15) is 10.6 Å². The zero-order chi connectivity index (χ0) is 18.4. The molecule has 7 heteroatoms. The van der Waals surface area contributed by atoms with E-state index >= 15 is 0 Å². The number of carbonyl (C=O) groups excluding carboxylic acids is 1. The molecule has 0 saturated heterocycles. The van der Waals surface area contributed by atoms with E-state index in [-0.39, 0.29) is 10.6 Å². The first-order valence-corrected chi connectivity index (χ1v) is 9.21. The van der Waals surface area contributed by atoms with E-state index < -0.39 is 16.0 Å². The molecular formula is C18H21NO5S. The number of rotatable bonds is 7. The van der Waals surface area contributed by atoms with Gasteiger partial charge in [-0.1, -0.05) is 25.5 Å². The van der Waals surface area contributed by atoms with Gasteiger partial charge < -0.3 is 10.1 Å². The standard InChI is InChI=1S/C18H21NO5S/c1-4-5-13-6-8-14(9-7-13)18(20)19-16-11-10-15(23-2)12-17(16)25(21,22)24-3/h6-12H,4-5H2,1-3H3,(H,19,20). The van der Waals surface area contributed by atoms with E-state index in [4.69, 9.17) is 4.74 Å². The van der Waals surface area contributed by atoms with Crippen molar-refractivity contribution >= 4 is 21.7 Å². The number of hydrogen-bond acceptors (Lipinski definition) is 5. The van der Waals surface area contributed by atoms with Crippen LogP contribution in [0.25, 0.3) is 0 Å². The van der Waals surface area contributed by atoms with Crippen molar-refractivity contribution in [3.63, 3.8) is 0 Å². The van der Waals surface area contributed by atoms with E-state index in [9.17, 15) is 13.2 Å². The smallest absolute Gasteiger partial charge is 0.298 e. The summed E-state index contributed by atoms with van der Waals surface area (Å²) >= 11 is 0. The van der Waals surface area contributed by atoms with Crippen LogP contribution in [0, 0.1) is 0 Å². The van der Waals surface area contributed by atoms with Crippen LogP contribution < -0.4 is 10.1 Å². The predicted molar refractivity (Wildman–Crippen MR) is 95.6 cm³/mol. The Morgan fingerprint density at radius 2 is 1.76 bits per heavy atom. The van der Waals surface area contributed by atoms with Crippen LogP contribution in [0.4, 0.5) is 5.69 Å². The third-order valence-electron chi connectivity index (χ3n) is 3.68. The topological polar surface area (TPSA) is 81.7 Å². The number of benzene rings is 2. The molecule has 0 aliphatic heterocycles. The van der Waals surface area contributed by atoms with Gasteiger partial charge in [0.2, 0.25) is 0 Å². The fourth-order valence-electron chi connectivity index (χ4n) is 2.34. The molecule has 0 radical (unpaired) electrons. The summed E-state index contributed by atoms with van der Waals surface area (Å²) < 4.78 is 33.8. The average molecular weight is 363 g/mol. The van der Waals surface area contributed by atoms with Gasteiger partial charge >= 0.3 is 0 Å². The molecule has 0 fully saturated rings. The lowest BCUT2D eigenvalue weighted by atomic mass is 10.1. The summed E-state index contributed by atoms with van der Waals surface area (Å²) in [5, 5.41) is 2.62. The molecule has 0 unspecified atom stereocenters. The van der Waals surface area contributed by atoms with Crippen molar-refractivity contribution in [1.82, 2.24) is 0 Å². The van der Waals surface area contributed by atoms with Crippen molar-refractivity contribution < 1.29 is 22.1 Å².